The van der Waals surface area contributed by atoms with Gasteiger partial charge in [-0.1, -0.05) is 0 Å². The van der Waals surface area contributed by atoms with Crippen LogP contribution in [0.1, 0.15) is 36.4 Å². The normalized spacial score (nSPS) is 25.6. The number of carboxylic acid groups (broad SMARTS) is 1. The number of hydrogen-bond acceptors (Lipinski definition) is 10. The van der Waals surface area contributed by atoms with Crippen LogP contribution in [0, 0.1) is 4.91 Å². The van der Waals surface area contributed by atoms with Crippen molar-refractivity contribution in [1.29, 1.82) is 0 Å². The third-order valence-corrected chi connectivity index (χ3v) is 4.33. The molecule has 0 saturated carbocycles. The standard InChI is InChI=1S/C16H24N3O7.C2H4O2/c1-18(17-25)6-3-5-11(21)10-4-2-7-19(8-10)16-15(24)14(23)13(22)12(9-20)26-16;1-2(3)4/h2,4,7-8,12-16,20,22-24H,3,5-6,9H2,1H3;1H3,(H,3,4)/q+1;/p-1/t12-,13-,14+,15-,16-;/m1./s1. The Morgan fingerprint density at radius 3 is 2.47 bits per heavy atom. The fourth-order valence-electron chi connectivity index (χ4n) is 2.80. The molecule has 1 fully saturated rings. The molecule has 4 N–H and O–H groups in total. The van der Waals surface area contributed by atoms with Crippen molar-refractivity contribution < 1.29 is 44.4 Å². The Morgan fingerprint density at radius 2 is 1.90 bits per heavy atom. The minimum absolute atomic E-state index is 0.164. The SMILES string of the molecule is CC(=O)[O-].CN(CCCC(=O)c1ccc[n+]([C@@H]2O[C@H](CO)[C@@H](O)[C@H](O)[C@H]2O)c1)N=O. The highest BCUT2D eigenvalue weighted by Gasteiger charge is 2.48. The van der Waals surface area contributed by atoms with Gasteiger partial charge in [0.25, 0.3) is 6.23 Å². The molecule has 2 heterocycles. The summed E-state index contributed by atoms with van der Waals surface area (Å²) < 4.78 is 6.88. The number of aliphatic hydroxyl groups is 4. The second-order valence-electron chi connectivity index (χ2n) is 6.74. The van der Waals surface area contributed by atoms with E-state index < -0.39 is 43.2 Å². The van der Waals surface area contributed by atoms with Gasteiger partial charge in [0.2, 0.25) is 0 Å². The average Bonchev–Trinajstić information content (AvgIpc) is 2.71. The molecular formula is C18H27N3O9. The summed E-state index contributed by atoms with van der Waals surface area (Å²) in [6, 6.07) is 3.19. The second-order valence-corrected chi connectivity index (χ2v) is 6.74. The van der Waals surface area contributed by atoms with E-state index in [2.05, 4.69) is 5.29 Å². The molecule has 30 heavy (non-hydrogen) atoms. The Hall–Kier alpha value is -2.51. The van der Waals surface area contributed by atoms with Crippen molar-refractivity contribution in [2.75, 3.05) is 20.2 Å². The molecule has 1 saturated heterocycles. The summed E-state index contributed by atoms with van der Waals surface area (Å²) in [5.74, 6) is -1.25. The lowest BCUT2D eigenvalue weighted by Crippen LogP contribution is -2.62. The number of nitroso groups, excluding NO2 is 1. The van der Waals surface area contributed by atoms with Crippen LogP contribution in [0.2, 0.25) is 0 Å². The van der Waals surface area contributed by atoms with Gasteiger partial charge in [-0.2, -0.15) is 4.57 Å². The number of nitrogens with zero attached hydrogens (tertiary/aromatic N) is 3. The predicted molar refractivity (Wildman–Crippen MR) is 98.3 cm³/mol. The molecule has 0 unspecified atom stereocenters. The summed E-state index contributed by atoms with van der Waals surface area (Å²) in [5, 5.41) is 52.0. The minimum atomic E-state index is -1.50. The topological polar surface area (TPSA) is 184 Å². The number of carboxylic acids is 1. The van der Waals surface area contributed by atoms with Gasteiger partial charge >= 0.3 is 0 Å². The molecule has 0 spiro atoms. The molecule has 0 radical (unpaired) electrons. The van der Waals surface area contributed by atoms with Crippen molar-refractivity contribution in [3.63, 3.8) is 0 Å². The van der Waals surface area contributed by atoms with Crippen molar-refractivity contribution in [2.45, 2.75) is 50.4 Å². The van der Waals surface area contributed by atoms with Crippen molar-refractivity contribution in [1.82, 2.24) is 5.01 Å². The maximum Gasteiger partial charge on any atom is 0.292 e. The van der Waals surface area contributed by atoms with E-state index in [4.69, 9.17) is 14.6 Å². The number of aromatic nitrogens is 1. The Kier molecular flexibility index (Phi) is 10.4. The molecule has 12 heteroatoms. The zero-order valence-corrected chi connectivity index (χ0v) is 16.7. The Labute approximate surface area is 172 Å². The van der Waals surface area contributed by atoms with Gasteiger partial charge in [-0.3, -0.25) is 9.80 Å². The number of rotatable bonds is 8. The number of carbonyl (C=O) groups excluding carboxylic acids is 2. The predicted octanol–water partition coefficient (Wildman–Crippen LogP) is -2.72. The van der Waals surface area contributed by atoms with Gasteiger partial charge in [0.05, 0.1) is 17.5 Å². The number of ketones is 1. The first kappa shape index (κ1) is 25.5. The number of aliphatic hydroxyl groups excluding tert-OH is 4. The highest BCUT2D eigenvalue weighted by molar-refractivity contribution is 5.95. The fraction of sp³-hybridized carbons (Fsp3) is 0.611. The zero-order valence-electron chi connectivity index (χ0n) is 16.7. The number of carbonyl (C=O) groups is 2. The van der Waals surface area contributed by atoms with E-state index >= 15 is 0 Å². The average molecular weight is 429 g/mol. The lowest BCUT2D eigenvalue weighted by atomic mass is 9.98. The minimum Gasteiger partial charge on any atom is -0.550 e. The molecule has 2 rings (SSSR count). The Bertz CT molecular complexity index is 712. The molecule has 1 aliphatic heterocycles. The van der Waals surface area contributed by atoms with Crippen molar-refractivity contribution in [3.05, 3.63) is 35.0 Å². The third-order valence-electron chi connectivity index (χ3n) is 4.33. The first-order chi connectivity index (χ1) is 14.1. The van der Waals surface area contributed by atoms with Crippen LogP contribution in [0.25, 0.3) is 0 Å². The number of pyridine rings is 1. The Balaban J connectivity index is 0.00000103. The molecule has 5 atom stereocenters. The fourth-order valence-corrected chi connectivity index (χ4v) is 2.80. The van der Waals surface area contributed by atoms with E-state index in [9.17, 15) is 30.1 Å². The summed E-state index contributed by atoms with van der Waals surface area (Å²) in [5.41, 5.74) is 0.367. The van der Waals surface area contributed by atoms with E-state index in [0.717, 1.165) is 6.92 Å². The number of aliphatic carboxylic acids is 1. The quantitative estimate of drug-likeness (QED) is 0.146. The summed E-state index contributed by atoms with van der Waals surface area (Å²) in [7, 11) is 1.52. The maximum absolute atomic E-state index is 12.3. The monoisotopic (exact) mass is 429 g/mol. The van der Waals surface area contributed by atoms with Crippen LogP contribution in [0.5, 0.6) is 0 Å². The summed E-state index contributed by atoms with van der Waals surface area (Å²) in [6.45, 7) is 0.799. The van der Waals surface area contributed by atoms with Crippen molar-refractivity contribution in [3.8, 4) is 0 Å². The van der Waals surface area contributed by atoms with Crippen LogP contribution >= 0.6 is 0 Å². The van der Waals surface area contributed by atoms with Gasteiger partial charge in [-0.15, -0.1) is 4.91 Å². The third kappa shape index (κ3) is 7.39. The van der Waals surface area contributed by atoms with E-state index in [1.807, 2.05) is 0 Å². The van der Waals surface area contributed by atoms with Crippen molar-refractivity contribution in [2.24, 2.45) is 5.29 Å². The maximum atomic E-state index is 12.3. The molecule has 0 amide bonds. The van der Waals surface area contributed by atoms with E-state index in [1.165, 1.54) is 22.8 Å². The summed E-state index contributed by atoms with van der Waals surface area (Å²) in [4.78, 5) is 31.5. The lowest BCUT2D eigenvalue weighted by Gasteiger charge is -2.36. The van der Waals surface area contributed by atoms with Crippen LogP contribution in [-0.4, -0.2) is 81.8 Å². The number of hydrogen-bond donors (Lipinski definition) is 4. The van der Waals surface area contributed by atoms with Crippen LogP contribution < -0.4 is 9.67 Å². The highest BCUT2D eigenvalue weighted by Crippen LogP contribution is 2.24. The number of Topliss-reactive ketones (excluding diaryl/α,β-unsaturated/α-hetero) is 1. The Morgan fingerprint density at radius 1 is 1.27 bits per heavy atom. The first-order valence-electron chi connectivity index (χ1n) is 9.18. The molecular weight excluding hydrogens is 402 g/mol. The smallest absolute Gasteiger partial charge is 0.292 e. The van der Waals surface area contributed by atoms with Gasteiger partial charge in [0.1, 0.15) is 18.3 Å². The molecule has 12 nitrogen and oxygen atoms in total. The second kappa shape index (κ2) is 12.2. The molecule has 0 aromatic carbocycles. The molecule has 1 aliphatic rings. The first-order valence-corrected chi connectivity index (χ1v) is 9.18. The number of ether oxygens (including phenoxy) is 1. The summed E-state index contributed by atoms with van der Waals surface area (Å²) >= 11 is 0. The van der Waals surface area contributed by atoms with Crippen LogP contribution in [0.4, 0.5) is 0 Å². The largest absolute Gasteiger partial charge is 0.550 e. The molecule has 1 aromatic heterocycles. The molecule has 168 valence electrons. The van der Waals surface area contributed by atoms with Crippen LogP contribution in [0.3, 0.4) is 0 Å². The summed E-state index contributed by atoms with van der Waals surface area (Å²) in [6.07, 6.45) is -2.79. The molecule has 1 aromatic rings. The molecule has 0 aliphatic carbocycles. The van der Waals surface area contributed by atoms with Gasteiger partial charge in [0.15, 0.2) is 24.3 Å². The lowest BCUT2D eigenvalue weighted by molar-refractivity contribution is -0.778. The van der Waals surface area contributed by atoms with Gasteiger partial charge in [0, 0.05) is 32.0 Å². The van der Waals surface area contributed by atoms with E-state index in [-0.39, 0.29) is 12.2 Å². The van der Waals surface area contributed by atoms with Gasteiger partial charge < -0.3 is 35.1 Å². The van der Waals surface area contributed by atoms with Crippen molar-refractivity contribution >= 4 is 11.8 Å². The van der Waals surface area contributed by atoms with Gasteiger partial charge in [-0.25, -0.2) is 0 Å². The molecule has 0 bridgehead atoms. The zero-order chi connectivity index (χ0) is 22.8. The van der Waals surface area contributed by atoms with Crippen LogP contribution in [0.15, 0.2) is 29.8 Å². The van der Waals surface area contributed by atoms with E-state index in [0.29, 0.717) is 18.5 Å². The van der Waals surface area contributed by atoms with Gasteiger partial charge in [-0.05, 0) is 19.4 Å². The van der Waals surface area contributed by atoms with Crippen LogP contribution in [-0.2, 0) is 9.53 Å². The van der Waals surface area contributed by atoms with E-state index in [1.54, 1.807) is 18.3 Å². The highest BCUT2D eigenvalue weighted by atomic mass is 16.6.